The van der Waals surface area contributed by atoms with Gasteiger partial charge in [0.1, 0.15) is 0 Å². The normalized spacial score (nSPS) is 11.6. The summed E-state index contributed by atoms with van der Waals surface area (Å²) in [4.78, 5) is 4.40. The molecule has 4 heteroatoms. The second kappa shape index (κ2) is 6.73. The predicted molar refractivity (Wildman–Crippen MR) is 84.6 cm³/mol. The SMILES string of the molecule is NC(Cc1ccccc1Cl)=NCc1ccccc1Br. The molecule has 0 aliphatic rings. The van der Waals surface area contributed by atoms with Crippen molar-refractivity contribution in [2.24, 2.45) is 10.7 Å². The first-order valence-corrected chi connectivity index (χ1v) is 7.09. The maximum Gasteiger partial charge on any atom is 0.0986 e. The van der Waals surface area contributed by atoms with E-state index in [2.05, 4.69) is 20.9 Å². The van der Waals surface area contributed by atoms with E-state index in [9.17, 15) is 0 Å². The first-order chi connectivity index (χ1) is 9.16. The van der Waals surface area contributed by atoms with Gasteiger partial charge in [-0.25, -0.2) is 0 Å². The fraction of sp³-hybridized carbons (Fsp3) is 0.133. The summed E-state index contributed by atoms with van der Waals surface area (Å²) < 4.78 is 1.05. The van der Waals surface area contributed by atoms with Crippen LogP contribution in [0.15, 0.2) is 58.0 Å². The van der Waals surface area contributed by atoms with Crippen LogP contribution in [-0.2, 0) is 13.0 Å². The van der Waals surface area contributed by atoms with Crippen molar-refractivity contribution in [2.75, 3.05) is 0 Å². The third-order valence-electron chi connectivity index (χ3n) is 2.74. The molecule has 0 aromatic heterocycles. The number of hydrogen-bond donors (Lipinski definition) is 1. The van der Waals surface area contributed by atoms with Crippen LogP contribution in [0.3, 0.4) is 0 Å². The van der Waals surface area contributed by atoms with Crippen LogP contribution in [0.25, 0.3) is 0 Å². The van der Waals surface area contributed by atoms with E-state index >= 15 is 0 Å². The highest BCUT2D eigenvalue weighted by atomic mass is 79.9. The number of amidine groups is 1. The average Bonchev–Trinajstić information content (AvgIpc) is 2.40. The summed E-state index contributed by atoms with van der Waals surface area (Å²) in [6, 6.07) is 15.7. The van der Waals surface area contributed by atoms with Crippen LogP contribution >= 0.6 is 27.5 Å². The summed E-state index contributed by atoms with van der Waals surface area (Å²) in [6.07, 6.45) is 0.574. The first kappa shape index (κ1) is 14.1. The molecule has 0 aliphatic carbocycles. The molecule has 19 heavy (non-hydrogen) atoms. The molecule has 2 aromatic rings. The number of aliphatic imine (C=N–C) groups is 1. The summed E-state index contributed by atoms with van der Waals surface area (Å²) >= 11 is 9.59. The second-order valence-electron chi connectivity index (χ2n) is 4.17. The lowest BCUT2D eigenvalue weighted by Gasteiger charge is -2.05. The van der Waals surface area contributed by atoms with Crippen molar-refractivity contribution in [2.45, 2.75) is 13.0 Å². The molecule has 0 heterocycles. The lowest BCUT2D eigenvalue weighted by molar-refractivity contribution is 1.04. The van der Waals surface area contributed by atoms with Gasteiger partial charge in [0, 0.05) is 15.9 Å². The molecule has 0 aliphatic heterocycles. The van der Waals surface area contributed by atoms with E-state index in [-0.39, 0.29) is 0 Å². The fourth-order valence-electron chi connectivity index (χ4n) is 1.71. The Morgan fingerprint density at radius 1 is 1.05 bits per heavy atom. The Hall–Kier alpha value is -1.32. The molecule has 2 rings (SSSR count). The molecular weight excluding hydrogens is 324 g/mol. The molecule has 98 valence electrons. The van der Waals surface area contributed by atoms with Crippen molar-refractivity contribution in [1.82, 2.24) is 0 Å². The van der Waals surface area contributed by atoms with Crippen molar-refractivity contribution >= 4 is 33.4 Å². The van der Waals surface area contributed by atoms with Crippen molar-refractivity contribution in [3.8, 4) is 0 Å². The second-order valence-corrected chi connectivity index (χ2v) is 5.43. The monoisotopic (exact) mass is 336 g/mol. The van der Waals surface area contributed by atoms with E-state index in [1.165, 1.54) is 0 Å². The molecule has 0 unspecified atom stereocenters. The van der Waals surface area contributed by atoms with E-state index < -0.39 is 0 Å². The quantitative estimate of drug-likeness (QED) is 0.659. The number of nitrogens with two attached hydrogens (primary N) is 1. The summed E-state index contributed by atoms with van der Waals surface area (Å²) in [6.45, 7) is 0.567. The molecule has 2 aromatic carbocycles. The Bertz CT molecular complexity index is 596. The van der Waals surface area contributed by atoms with Gasteiger partial charge in [0.15, 0.2) is 0 Å². The molecule has 0 saturated carbocycles. The highest BCUT2D eigenvalue weighted by molar-refractivity contribution is 9.10. The Balaban J connectivity index is 2.05. The van der Waals surface area contributed by atoms with Crippen LogP contribution in [0.1, 0.15) is 11.1 Å². The van der Waals surface area contributed by atoms with Gasteiger partial charge in [-0.2, -0.15) is 0 Å². The standard InChI is InChI=1S/C15H14BrClN2/c16-13-7-3-1-6-12(13)10-19-15(18)9-11-5-2-4-8-14(11)17/h1-8H,9-10H2,(H2,18,19). The van der Waals surface area contributed by atoms with Crippen molar-refractivity contribution in [3.63, 3.8) is 0 Å². The van der Waals surface area contributed by atoms with Gasteiger partial charge in [0.05, 0.1) is 12.4 Å². The number of benzene rings is 2. The fourth-order valence-corrected chi connectivity index (χ4v) is 2.32. The highest BCUT2D eigenvalue weighted by Crippen LogP contribution is 2.18. The molecule has 0 bridgehead atoms. The minimum absolute atomic E-state index is 0.567. The van der Waals surface area contributed by atoms with E-state index in [4.69, 9.17) is 17.3 Å². The van der Waals surface area contributed by atoms with Gasteiger partial charge in [0.25, 0.3) is 0 Å². The van der Waals surface area contributed by atoms with Gasteiger partial charge in [-0.3, -0.25) is 4.99 Å². The van der Waals surface area contributed by atoms with E-state index in [0.717, 1.165) is 20.6 Å². The van der Waals surface area contributed by atoms with Gasteiger partial charge in [-0.05, 0) is 23.3 Å². The Labute approximate surface area is 126 Å². The molecule has 2 nitrogen and oxygen atoms in total. The molecule has 0 saturated heterocycles. The van der Waals surface area contributed by atoms with Crippen LogP contribution in [0.4, 0.5) is 0 Å². The summed E-state index contributed by atoms with van der Waals surface area (Å²) in [5, 5.41) is 0.724. The third-order valence-corrected chi connectivity index (χ3v) is 3.88. The maximum absolute atomic E-state index is 6.09. The van der Waals surface area contributed by atoms with Crippen LogP contribution in [0.2, 0.25) is 5.02 Å². The zero-order valence-corrected chi connectivity index (χ0v) is 12.7. The number of rotatable bonds is 4. The average molecular weight is 338 g/mol. The van der Waals surface area contributed by atoms with Crippen LogP contribution < -0.4 is 5.73 Å². The predicted octanol–water partition coefficient (Wildman–Crippen LogP) is 4.20. The third kappa shape index (κ3) is 4.08. The molecule has 0 atom stereocenters. The van der Waals surface area contributed by atoms with Crippen molar-refractivity contribution in [1.29, 1.82) is 0 Å². The minimum atomic E-state index is 0.567. The summed E-state index contributed by atoms with van der Waals surface area (Å²) in [5.74, 6) is 0.587. The number of halogens is 2. The van der Waals surface area contributed by atoms with Gasteiger partial charge in [0.2, 0.25) is 0 Å². The van der Waals surface area contributed by atoms with E-state index in [1.54, 1.807) is 0 Å². The Kier molecular flexibility index (Phi) is 5.00. The zero-order valence-electron chi connectivity index (χ0n) is 10.3. The first-order valence-electron chi connectivity index (χ1n) is 5.92. The summed E-state index contributed by atoms with van der Waals surface area (Å²) in [5.41, 5.74) is 8.06. The Morgan fingerprint density at radius 2 is 1.68 bits per heavy atom. The van der Waals surface area contributed by atoms with Gasteiger partial charge in [-0.1, -0.05) is 63.9 Å². The van der Waals surface area contributed by atoms with Crippen molar-refractivity contribution < 1.29 is 0 Å². The molecule has 0 amide bonds. The lowest BCUT2D eigenvalue weighted by Crippen LogP contribution is -2.15. The molecule has 0 spiro atoms. The van der Waals surface area contributed by atoms with Crippen LogP contribution in [0.5, 0.6) is 0 Å². The lowest BCUT2D eigenvalue weighted by atomic mass is 10.1. The van der Waals surface area contributed by atoms with Crippen LogP contribution in [0, 0.1) is 0 Å². The molecule has 0 fully saturated rings. The number of hydrogen-bond acceptors (Lipinski definition) is 1. The van der Waals surface area contributed by atoms with Gasteiger partial charge < -0.3 is 5.73 Å². The van der Waals surface area contributed by atoms with E-state index in [0.29, 0.717) is 18.8 Å². The zero-order chi connectivity index (χ0) is 13.7. The Morgan fingerprint density at radius 3 is 2.37 bits per heavy atom. The van der Waals surface area contributed by atoms with Gasteiger partial charge in [-0.15, -0.1) is 0 Å². The highest BCUT2D eigenvalue weighted by Gasteiger charge is 2.02. The molecule has 2 N–H and O–H groups in total. The van der Waals surface area contributed by atoms with Crippen LogP contribution in [-0.4, -0.2) is 5.84 Å². The summed E-state index contributed by atoms with van der Waals surface area (Å²) in [7, 11) is 0. The van der Waals surface area contributed by atoms with Crippen molar-refractivity contribution in [3.05, 3.63) is 69.2 Å². The minimum Gasteiger partial charge on any atom is -0.387 e. The van der Waals surface area contributed by atoms with E-state index in [1.807, 2.05) is 48.5 Å². The topological polar surface area (TPSA) is 38.4 Å². The smallest absolute Gasteiger partial charge is 0.0986 e. The largest absolute Gasteiger partial charge is 0.387 e. The number of nitrogens with zero attached hydrogens (tertiary/aromatic N) is 1. The molecule has 0 radical (unpaired) electrons. The molecular formula is C15H14BrClN2. The maximum atomic E-state index is 6.09. The van der Waals surface area contributed by atoms with Gasteiger partial charge >= 0.3 is 0 Å².